The summed E-state index contributed by atoms with van der Waals surface area (Å²) in [4.78, 5) is 30.5. The molecule has 1 fully saturated rings. The van der Waals surface area contributed by atoms with Crippen molar-refractivity contribution in [2.24, 2.45) is 0 Å². The van der Waals surface area contributed by atoms with Crippen molar-refractivity contribution in [3.8, 4) is 0 Å². The molecular formula is C19H19Cl3N2O4. The maximum Gasteiger partial charge on any atom is 0.341 e. The first-order valence-corrected chi connectivity index (χ1v) is 9.83. The van der Waals surface area contributed by atoms with Gasteiger partial charge in [0.2, 0.25) is 0 Å². The van der Waals surface area contributed by atoms with Crippen LogP contribution in [0.25, 0.3) is 0 Å². The molecule has 2 aromatic heterocycles. The van der Waals surface area contributed by atoms with Crippen LogP contribution in [0.4, 0.5) is 0 Å². The zero-order chi connectivity index (χ0) is 20.7. The molecule has 150 valence electrons. The SMILES string of the molecule is CCOC(=O)c1ccc(C2CC2)nc1Cl.CCOC(=O)c1ccc(Cl)nc1Cl. The number of halogens is 3. The molecule has 0 atom stereocenters. The number of carbonyl (C=O) groups is 2. The Morgan fingerprint density at radius 3 is 1.82 bits per heavy atom. The molecule has 1 aliphatic rings. The first-order chi connectivity index (χ1) is 13.4. The Morgan fingerprint density at radius 2 is 1.39 bits per heavy atom. The standard InChI is InChI=1S/C11H12ClNO2.C8H7Cl2NO2/c1-2-15-11(14)8-5-6-9(7-3-4-7)13-10(8)12;1-2-13-8(12)5-3-4-6(9)11-7(5)10/h5-7H,2-4H2,1H3;3-4H,2H2,1H3. The minimum absolute atomic E-state index is 0.0611. The highest BCUT2D eigenvalue weighted by Gasteiger charge is 2.26. The van der Waals surface area contributed by atoms with Gasteiger partial charge in [0.05, 0.1) is 24.3 Å². The summed E-state index contributed by atoms with van der Waals surface area (Å²) in [5.74, 6) is -0.354. The van der Waals surface area contributed by atoms with E-state index in [4.69, 9.17) is 44.3 Å². The van der Waals surface area contributed by atoms with Gasteiger partial charge in [0.15, 0.2) is 0 Å². The van der Waals surface area contributed by atoms with E-state index in [9.17, 15) is 9.59 Å². The van der Waals surface area contributed by atoms with E-state index >= 15 is 0 Å². The summed E-state index contributed by atoms with van der Waals surface area (Å²) < 4.78 is 9.60. The van der Waals surface area contributed by atoms with E-state index in [2.05, 4.69) is 9.97 Å². The zero-order valence-electron chi connectivity index (χ0n) is 15.4. The Bertz CT molecular complexity index is 857. The fourth-order valence-electron chi connectivity index (χ4n) is 2.19. The van der Waals surface area contributed by atoms with Gasteiger partial charge in [-0.05, 0) is 51.0 Å². The molecule has 2 heterocycles. The molecule has 0 bridgehead atoms. The molecule has 0 unspecified atom stereocenters. The van der Waals surface area contributed by atoms with Crippen LogP contribution in [0.15, 0.2) is 24.3 Å². The molecule has 0 N–H and O–H groups in total. The lowest BCUT2D eigenvalue weighted by Gasteiger charge is -2.04. The highest BCUT2D eigenvalue weighted by Crippen LogP contribution is 2.39. The summed E-state index contributed by atoms with van der Waals surface area (Å²) >= 11 is 17.1. The van der Waals surface area contributed by atoms with Gasteiger partial charge in [0, 0.05) is 11.6 Å². The lowest BCUT2D eigenvalue weighted by Crippen LogP contribution is -2.06. The molecule has 3 rings (SSSR count). The molecule has 1 saturated carbocycles. The van der Waals surface area contributed by atoms with Crippen molar-refractivity contribution in [2.45, 2.75) is 32.6 Å². The molecule has 6 nitrogen and oxygen atoms in total. The normalized spacial score (nSPS) is 12.6. The second-order valence-electron chi connectivity index (χ2n) is 5.76. The maximum atomic E-state index is 11.4. The number of hydrogen-bond donors (Lipinski definition) is 0. The van der Waals surface area contributed by atoms with Crippen molar-refractivity contribution in [2.75, 3.05) is 13.2 Å². The first kappa shape index (κ1) is 22.4. The van der Waals surface area contributed by atoms with Crippen molar-refractivity contribution in [3.63, 3.8) is 0 Å². The minimum atomic E-state index is -0.489. The van der Waals surface area contributed by atoms with Crippen molar-refractivity contribution in [1.82, 2.24) is 9.97 Å². The predicted molar refractivity (Wildman–Crippen MR) is 107 cm³/mol. The van der Waals surface area contributed by atoms with E-state index in [-0.39, 0.29) is 21.0 Å². The molecule has 28 heavy (non-hydrogen) atoms. The van der Waals surface area contributed by atoms with Crippen LogP contribution in [-0.4, -0.2) is 35.1 Å². The Morgan fingerprint density at radius 1 is 0.893 bits per heavy atom. The number of hydrogen-bond acceptors (Lipinski definition) is 6. The first-order valence-electron chi connectivity index (χ1n) is 8.70. The van der Waals surface area contributed by atoms with Crippen molar-refractivity contribution in [1.29, 1.82) is 0 Å². The molecule has 0 spiro atoms. The third kappa shape index (κ3) is 6.33. The number of esters is 2. The molecule has 0 aliphatic heterocycles. The van der Waals surface area contributed by atoms with E-state index in [0.29, 0.717) is 24.7 Å². The van der Waals surface area contributed by atoms with Gasteiger partial charge in [-0.15, -0.1) is 0 Å². The van der Waals surface area contributed by atoms with Crippen molar-refractivity contribution in [3.05, 3.63) is 56.5 Å². The lowest BCUT2D eigenvalue weighted by molar-refractivity contribution is 0.0516. The third-order valence-electron chi connectivity index (χ3n) is 3.67. The van der Waals surface area contributed by atoms with Crippen LogP contribution in [-0.2, 0) is 9.47 Å². The van der Waals surface area contributed by atoms with E-state index in [1.807, 2.05) is 6.07 Å². The average Bonchev–Trinajstić information content (AvgIpc) is 3.47. The fraction of sp³-hybridized carbons (Fsp3) is 0.368. The van der Waals surface area contributed by atoms with Crippen LogP contribution in [0.1, 0.15) is 59.0 Å². The molecular weight excluding hydrogens is 427 g/mol. The highest BCUT2D eigenvalue weighted by molar-refractivity contribution is 6.34. The number of rotatable bonds is 5. The summed E-state index contributed by atoms with van der Waals surface area (Å²) in [5.41, 5.74) is 1.56. The van der Waals surface area contributed by atoms with E-state index in [1.165, 1.54) is 25.0 Å². The van der Waals surface area contributed by atoms with Crippen LogP contribution in [0.5, 0.6) is 0 Å². The zero-order valence-corrected chi connectivity index (χ0v) is 17.6. The van der Waals surface area contributed by atoms with E-state index in [1.54, 1.807) is 19.9 Å². The van der Waals surface area contributed by atoms with Crippen LogP contribution in [0.3, 0.4) is 0 Å². The molecule has 0 aromatic carbocycles. The number of carbonyl (C=O) groups excluding carboxylic acids is 2. The Balaban J connectivity index is 0.000000203. The van der Waals surface area contributed by atoms with E-state index < -0.39 is 11.9 Å². The van der Waals surface area contributed by atoms with Crippen LogP contribution in [0, 0.1) is 0 Å². The molecule has 0 radical (unpaired) electrons. The highest BCUT2D eigenvalue weighted by atomic mass is 35.5. The fourth-order valence-corrected chi connectivity index (χ4v) is 2.85. The number of aromatic nitrogens is 2. The summed E-state index contributed by atoms with van der Waals surface area (Å²) in [6.45, 7) is 4.13. The quantitative estimate of drug-likeness (QED) is 0.456. The summed E-state index contributed by atoms with van der Waals surface area (Å²) in [6, 6.07) is 6.52. The molecule has 1 aliphatic carbocycles. The van der Waals surface area contributed by atoms with E-state index in [0.717, 1.165) is 5.69 Å². The monoisotopic (exact) mass is 444 g/mol. The molecule has 2 aromatic rings. The van der Waals surface area contributed by atoms with Crippen molar-refractivity contribution >= 4 is 46.7 Å². The summed E-state index contributed by atoms with van der Waals surface area (Å²) in [5, 5.41) is 0.557. The lowest BCUT2D eigenvalue weighted by atomic mass is 10.2. The van der Waals surface area contributed by atoms with Gasteiger partial charge in [0.1, 0.15) is 15.5 Å². The van der Waals surface area contributed by atoms with Gasteiger partial charge < -0.3 is 9.47 Å². The number of pyridine rings is 2. The smallest absolute Gasteiger partial charge is 0.341 e. The molecule has 0 amide bonds. The third-order valence-corrected chi connectivity index (χ3v) is 4.46. The van der Waals surface area contributed by atoms with Crippen molar-refractivity contribution < 1.29 is 19.1 Å². The average molecular weight is 446 g/mol. The van der Waals surface area contributed by atoms with Gasteiger partial charge >= 0.3 is 11.9 Å². The predicted octanol–water partition coefficient (Wildman–Crippen LogP) is 5.35. The van der Waals surface area contributed by atoms with Gasteiger partial charge in [-0.2, -0.15) is 0 Å². The molecule has 9 heteroatoms. The van der Waals surface area contributed by atoms with Gasteiger partial charge in [-0.25, -0.2) is 19.6 Å². The van der Waals surface area contributed by atoms with Gasteiger partial charge in [-0.1, -0.05) is 34.8 Å². The van der Waals surface area contributed by atoms with Gasteiger partial charge in [-0.3, -0.25) is 0 Å². The Kier molecular flexibility index (Phi) is 8.48. The topological polar surface area (TPSA) is 78.4 Å². The maximum absolute atomic E-state index is 11.4. The largest absolute Gasteiger partial charge is 0.462 e. The number of ether oxygens (including phenoxy) is 2. The van der Waals surface area contributed by atoms with Crippen LogP contribution in [0.2, 0.25) is 15.5 Å². The minimum Gasteiger partial charge on any atom is -0.462 e. The summed E-state index contributed by atoms with van der Waals surface area (Å²) in [7, 11) is 0. The van der Waals surface area contributed by atoms with Gasteiger partial charge in [0.25, 0.3) is 0 Å². The summed E-state index contributed by atoms with van der Waals surface area (Å²) in [6.07, 6.45) is 2.34. The second kappa shape index (κ2) is 10.6. The van der Waals surface area contributed by atoms with Crippen LogP contribution >= 0.6 is 34.8 Å². The Labute approximate surface area is 178 Å². The molecule has 0 saturated heterocycles. The number of nitrogens with zero attached hydrogens (tertiary/aromatic N) is 2. The second-order valence-corrected chi connectivity index (χ2v) is 6.87. The Hall–Kier alpha value is -1.89. The van der Waals surface area contributed by atoms with Crippen LogP contribution < -0.4 is 0 Å².